The van der Waals surface area contributed by atoms with Crippen molar-refractivity contribution < 1.29 is 0 Å². The van der Waals surface area contributed by atoms with Gasteiger partial charge in [-0.25, -0.2) is 0 Å². The van der Waals surface area contributed by atoms with Gasteiger partial charge in [-0.2, -0.15) is 0 Å². The minimum Gasteiger partial charge on any atom is -0.358 e. The summed E-state index contributed by atoms with van der Waals surface area (Å²) in [6.45, 7) is 4.12. The number of unbranched alkanes of at least 4 members (excludes halogenated alkanes) is 2. The van der Waals surface area contributed by atoms with Crippen molar-refractivity contribution >= 4 is 17.0 Å². The molecule has 0 atom stereocenters. The summed E-state index contributed by atoms with van der Waals surface area (Å²) < 4.78 is 0. The SMILES string of the molecule is CCCC/C=C/c1c(C)[nH]c2ccccc2c1=O. The molecule has 18 heavy (non-hydrogen) atoms. The molecule has 0 radical (unpaired) electrons. The zero-order chi connectivity index (χ0) is 13.0. The van der Waals surface area contributed by atoms with Crippen molar-refractivity contribution in [3.05, 3.63) is 51.8 Å². The molecule has 0 aliphatic carbocycles. The highest BCUT2D eigenvalue weighted by Crippen LogP contribution is 2.12. The van der Waals surface area contributed by atoms with Gasteiger partial charge in [0, 0.05) is 22.2 Å². The number of hydrogen-bond donors (Lipinski definition) is 1. The smallest absolute Gasteiger partial charge is 0.196 e. The number of aryl methyl sites for hydroxylation is 1. The van der Waals surface area contributed by atoms with Crippen LogP contribution in [-0.2, 0) is 0 Å². The maximum absolute atomic E-state index is 12.3. The molecule has 1 aromatic heterocycles. The van der Waals surface area contributed by atoms with Crippen molar-refractivity contribution in [2.45, 2.75) is 33.1 Å². The van der Waals surface area contributed by atoms with Crippen LogP contribution in [0, 0.1) is 6.92 Å². The van der Waals surface area contributed by atoms with E-state index in [4.69, 9.17) is 0 Å². The summed E-state index contributed by atoms with van der Waals surface area (Å²) in [5, 5.41) is 0.762. The summed E-state index contributed by atoms with van der Waals surface area (Å²) in [5.41, 5.74) is 2.75. The van der Waals surface area contributed by atoms with Crippen molar-refractivity contribution in [2.75, 3.05) is 0 Å². The fourth-order valence-electron chi connectivity index (χ4n) is 2.10. The highest BCUT2D eigenvalue weighted by atomic mass is 16.1. The first-order valence-corrected chi connectivity index (χ1v) is 6.52. The highest BCUT2D eigenvalue weighted by molar-refractivity contribution is 5.81. The van der Waals surface area contributed by atoms with E-state index in [0.29, 0.717) is 0 Å². The minimum absolute atomic E-state index is 0.120. The van der Waals surface area contributed by atoms with Crippen LogP contribution in [0.3, 0.4) is 0 Å². The molecule has 0 saturated heterocycles. The van der Waals surface area contributed by atoms with Crippen LogP contribution >= 0.6 is 0 Å². The van der Waals surface area contributed by atoms with E-state index in [9.17, 15) is 4.79 Å². The predicted molar refractivity (Wildman–Crippen MR) is 77.9 cm³/mol. The Morgan fingerprint density at radius 1 is 1.28 bits per heavy atom. The molecule has 1 heterocycles. The lowest BCUT2D eigenvalue weighted by Gasteiger charge is -2.04. The van der Waals surface area contributed by atoms with Crippen molar-refractivity contribution in [1.29, 1.82) is 0 Å². The molecule has 0 spiro atoms. The first-order valence-electron chi connectivity index (χ1n) is 6.52. The fraction of sp³-hybridized carbons (Fsp3) is 0.312. The van der Waals surface area contributed by atoms with Crippen LogP contribution in [-0.4, -0.2) is 4.98 Å². The number of hydrogen-bond acceptors (Lipinski definition) is 1. The van der Waals surface area contributed by atoms with Crippen LogP contribution in [0.15, 0.2) is 35.1 Å². The maximum atomic E-state index is 12.3. The van der Waals surface area contributed by atoms with E-state index in [0.717, 1.165) is 28.6 Å². The third-order valence-corrected chi connectivity index (χ3v) is 3.15. The second kappa shape index (κ2) is 5.67. The highest BCUT2D eigenvalue weighted by Gasteiger charge is 2.05. The maximum Gasteiger partial charge on any atom is 0.196 e. The lowest BCUT2D eigenvalue weighted by Crippen LogP contribution is -2.09. The number of nitrogens with one attached hydrogen (secondary N) is 1. The van der Waals surface area contributed by atoms with Gasteiger partial charge < -0.3 is 4.98 Å². The summed E-state index contributed by atoms with van der Waals surface area (Å²) >= 11 is 0. The molecule has 2 nitrogen and oxygen atoms in total. The van der Waals surface area contributed by atoms with Gasteiger partial charge in [-0.15, -0.1) is 0 Å². The van der Waals surface area contributed by atoms with E-state index in [1.54, 1.807) is 0 Å². The molecule has 0 aliphatic heterocycles. The number of rotatable bonds is 4. The van der Waals surface area contributed by atoms with Crippen LogP contribution in [0.2, 0.25) is 0 Å². The normalized spacial score (nSPS) is 11.4. The van der Waals surface area contributed by atoms with E-state index >= 15 is 0 Å². The number of aromatic nitrogens is 1. The van der Waals surface area contributed by atoms with Gasteiger partial charge in [0.05, 0.1) is 0 Å². The second-order valence-corrected chi connectivity index (χ2v) is 4.58. The van der Waals surface area contributed by atoms with E-state index < -0.39 is 0 Å². The van der Waals surface area contributed by atoms with Crippen molar-refractivity contribution in [3.63, 3.8) is 0 Å². The molecule has 0 fully saturated rings. The Morgan fingerprint density at radius 3 is 2.83 bits per heavy atom. The zero-order valence-electron chi connectivity index (χ0n) is 11.0. The number of fused-ring (bicyclic) bond motifs is 1. The first-order chi connectivity index (χ1) is 8.74. The standard InChI is InChI=1S/C16H19NO/c1-3-4-5-6-9-13-12(2)17-15-11-8-7-10-14(15)16(13)18/h6-11H,3-5H2,1-2H3,(H,17,18)/b9-6+. The summed E-state index contributed by atoms with van der Waals surface area (Å²) in [6, 6.07) is 7.65. The van der Waals surface area contributed by atoms with Crippen molar-refractivity contribution in [3.8, 4) is 0 Å². The quantitative estimate of drug-likeness (QED) is 0.805. The third-order valence-electron chi connectivity index (χ3n) is 3.15. The van der Waals surface area contributed by atoms with E-state index in [1.165, 1.54) is 12.8 Å². The van der Waals surface area contributed by atoms with Gasteiger partial charge in [-0.05, 0) is 25.5 Å². The van der Waals surface area contributed by atoms with Crippen molar-refractivity contribution in [1.82, 2.24) is 4.98 Å². The molecule has 2 rings (SSSR count). The van der Waals surface area contributed by atoms with Crippen LogP contribution in [0.25, 0.3) is 17.0 Å². The summed E-state index contributed by atoms with van der Waals surface area (Å²) in [4.78, 5) is 15.6. The number of benzene rings is 1. The predicted octanol–water partition coefficient (Wildman–Crippen LogP) is 4.04. The van der Waals surface area contributed by atoms with Gasteiger partial charge in [-0.1, -0.05) is 44.1 Å². The lowest BCUT2D eigenvalue weighted by molar-refractivity contribution is 0.816. The molecule has 94 valence electrons. The van der Waals surface area contributed by atoms with Crippen molar-refractivity contribution in [2.24, 2.45) is 0 Å². The average molecular weight is 241 g/mol. The molecule has 0 bridgehead atoms. The molecule has 0 aliphatic rings. The molecule has 2 heteroatoms. The van der Waals surface area contributed by atoms with Crippen LogP contribution in [0.4, 0.5) is 0 Å². The van der Waals surface area contributed by atoms with Gasteiger partial charge in [0.25, 0.3) is 0 Å². The minimum atomic E-state index is 0.120. The molecule has 1 N–H and O–H groups in total. The first kappa shape index (κ1) is 12.6. The number of pyridine rings is 1. The Bertz CT molecular complexity index is 623. The molecule has 0 unspecified atom stereocenters. The van der Waals surface area contributed by atoms with E-state index in [2.05, 4.69) is 18.0 Å². The monoisotopic (exact) mass is 241 g/mol. The Hall–Kier alpha value is -1.83. The van der Waals surface area contributed by atoms with Crippen LogP contribution in [0.1, 0.15) is 37.4 Å². The summed E-state index contributed by atoms with van der Waals surface area (Å²) in [7, 11) is 0. The molecule has 0 saturated carbocycles. The molecule has 0 amide bonds. The summed E-state index contributed by atoms with van der Waals surface area (Å²) in [6.07, 6.45) is 7.42. The van der Waals surface area contributed by atoms with Gasteiger partial charge in [-0.3, -0.25) is 4.79 Å². The Labute approximate surface area is 107 Å². The zero-order valence-corrected chi connectivity index (χ0v) is 11.0. The third kappa shape index (κ3) is 2.53. The Balaban J connectivity index is 2.45. The second-order valence-electron chi connectivity index (χ2n) is 4.58. The van der Waals surface area contributed by atoms with Gasteiger partial charge in [0.15, 0.2) is 5.43 Å². The van der Waals surface area contributed by atoms with Gasteiger partial charge >= 0.3 is 0 Å². The summed E-state index contributed by atoms with van der Waals surface area (Å²) in [5.74, 6) is 0. The largest absolute Gasteiger partial charge is 0.358 e. The van der Waals surface area contributed by atoms with E-state index in [-0.39, 0.29) is 5.43 Å². The van der Waals surface area contributed by atoms with Gasteiger partial charge in [0.2, 0.25) is 0 Å². The van der Waals surface area contributed by atoms with E-state index in [1.807, 2.05) is 37.3 Å². The average Bonchev–Trinajstić information content (AvgIpc) is 2.38. The Kier molecular flexibility index (Phi) is 3.98. The Morgan fingerprint density at radius 2 is 2.06 bits per heavy atom. The van der Waals surface area contributed by atoms with Crippen LogP contribution in [0.5, 0.6) is 0 Å². The van der Waals surface area contributed by atoms with Crippen LogP contribution < -0.4 is 5.43 Å². The lowest BCUT2D eigenvalue weighted by atomic mass is 10.1. The number of aromatic amines is 1. The topological polar surface area (TPSA) is 32.9 Å². The van der Waals surface area contributed by atoms with Gasteiger partial charge in [0.1, 0.15) is 0 Å². The number of H-pyrrole nitrogens is 1. The molecule has 2 aromatic rings. The molecule has 1 aromatic carbocycles. The fourth-order valence-corrected chi connectivity index (χ4v) is 2.10. The molecular formula is C16H19NO. The number of allylic oxidation sites excluding steroid dienone is 1. The number of para-hydroxylation sites is 1. The molecular weight excluding hydrogens is 222 g/mol.